The Hall–Kier alpha value is -3.51. The first-order valence-electron chi connectivity index (χ1n) is 9.47. The number of carbonyl (C=O) groups excluding carboxylic acids is 1. The molecule has 0 spiro atoms. The number of nitrogens with zero attached hydrogens (tertiary/aromatic N) is 3. The van der Waals surface area contributed by atoms with Gasteiger partial charge in [0.1, 0.15) is 0 Å². The Kier molecular flexibility index (Phi) is 5.35. The lowest BCUT2D eigenvalue weighted by molar-refractivity contribution is 0.0900. The second-order valence-electron chi connectivity index (χ2n) is 6.89. The van der Waals surface area contributed by atoms with Crippen molar-refractivity contribution in [1.82, 2.24) is 19.9 Å². The van der Waals surface area contributed by atoms with Crippen molar-refractivity contribution in [2.24, 2.45) is 0 Å². The van der Waals surface area contributed by atoms with Crippen LogP contribution in [0.25, 0.3) is 28.2 Å². The van der Waals surface area contributed by atoms with Gasteiger partial charge in [0.05, 0.1) is 18.0 Å². The van der Waals surface area contributed by atoms with Crippen molar-refractivity contribution in [2.75, 3.05) is 13.7 Å². The molecule has 0 radical (unpaired) electrons. The lowest BCUT2D eigenvalue weighted by atomic mass is 10.1. The topological polar surface area (TPSA) is 68.5 Å². The summed E-state index contributed by atoms with van der Waals surface area (Å²) in [6.45, 7) is 2.32. The van der Waals surface area contributed by atoms with Crippen molar-refractivity contribution in [3.63, 3.8) is 0 Å². The molecule has 0 fully saturated rings. The molecule has 6 nitrogen and oxygen atoms in total. The minimum Gasteiger partial charge on any atom is -0.383 e. The predicted molar refractivity (Wildman–Crippen MR) is 113 cm³/mol. The average Bonchev–Trinajstić information content (AvgIpc) is 3.19. The highest BCUT2D eigenvalue weighted by Crippen LogP contribution is 2.26. The molecule has 0 aliphatic heterocycles. The smallest absolute Gasteiger partial charge is 0.272 e. The zero-order valence-corrected chi connectivity index (χ0v) is 16.4. The fourth-order valence-corrected chi connectivity index (χ4v) is 3.25. The van der Waals surface area contributed by atoms with E-state index in [1.54, 1.807) is 17.7 Å². The summed E-state index contributed by atoms with van der Waals surface area (Å²) >= 11 is 0. The van der Waals surface area contributed by atoms with Crippen LogP contribution in [0.15, 0.2) is 72.8 Å². The molecule has 0 saturated heterocycles. The van der Waals surface area contributed by atoms with Gasteiger partial charge in [-0.05, 0) is 13.0 Å². The minimum absolute atomic E-state index is 0.112. The van der Waals surface area contributed by atoms with Gasteiger partial charge in [-0.15, -0.1) is 0 Å². The molecule has 1 atom stereocenters. The molecule has 29 heavy (non-hydrogen) atoms. The van der Waals surface area contributed by atoms with E-state index in [2.05, 4.69) is 10.4 Å². The summed E-state index contributed by atoms with van der Waals surface area (Å²) in [5, 5.41) is 7.43. The van der Waals surface area contributed by atoms with Crippen LogP contribution in [0.1, 0.15) is 17.4 Å². The minimum atomic E-state index is -0.250. The van der Waals surface area contributed by atoms with E-state index in [-0.39, 0.29) is 11.9 Å². The number of fused-ring (bicyclic) bond motifs is 1. The van der Waals surface area contributed by atoms with Crippen molar-refractivity contribution < 1.29 is 9.53 Å². The summed E-state index contributed by atoms with van der Waals surface area (Å²) in [4.78, 5) is 17.4. The van der Waals surface area contributed by atoms with Gasteiger partial charge in [0, 0.05) is 30.3 Å². The van der Waals surface area contributed by atoms with Crippen LogP contribution in [0.3, 0.4) is 0 Å². The fourth-order valence-electron chi connectivity index (χ4n) is 3.25. The molecule has 146 valence electrons. The molecular weight excluding hydrogens is 364 g/mol. The first kappa shape index (κ1) is 18.8. The first-order valence-corrected chi connectivity index (χ1v) is 9.47. The van der Waals surface area contributed by atoms with E-state index in [1.165, 1.54) is 0 Å². The Morgan fingerprint density at radius 2 is 1.69 bits per heavy atom. The van der Waals surface area contributed by atoms with Crippen molar-refractivity contribution in [2.45, 2.75) is 13.0 Å². The van der Waals surface area contributed by atoms with E-state index in [4.69, 9.17) is 9.72 Å². The van der Waals surface area contributed by atoms with Crippen LogP contribution >= 0.6 is 0 Å². The van der Waals surface area contributed by atoms with E-state index in [1.807, 2.05) is 73.7 Å². The molecule has 0 saturated carbocycles. The van der Waals surface area contributed by atoms with Crippen LogP contribution in [-0.4, -0.2) is 40.3 Å². The number of nitrogens with one attached hydrogen (secondary N) is 1. The predicted octanol–water partition coefficient (Wildman–Crippen LogP) is 3.83. The van der Waals surface area contributed by atoms with E-state index in [9.17, 15) is 4.79 Å². The number of benzene rings is 2. The number of carbonyl (C=O) groups is 1. The van der Waals surface area contributed by atoms with Gasteiger partial charge in [-0.1, -0.05) is 60.7 Å². The average molecular weight is 386 g/mol. The molecule has 0 bridgehead atoms. The van der Waals surface area contributed by atoms with Gasteiger partial charge in [-0.2, -0.15) is 5.10 Å². The number of hydrogen-bond donors (Lipinski definition) is 1. The second-order valence-corrected chi connectivity index (χ2v) is 6.89. The number of rotatable bonds is 6. The maximum absolute atomic E-state index is 12.6. The molecule has 0 aliphatic rings. The maximum atomic E-state index is 12.6. The van der Waals surface area contributed by atoms with E-state index in [0.717, 1.165) is 22.5 Å². The summed E-state index contributed by atoms with van der Waals surface area (Å²) in [7, 11) is 1.61. The van der Waals surface area contributed by atoms with Crippen LogP contribution in [-0.2, 0) is 4.74 Å². The molecule has 0 aliphatic carbocycles. The largest absolute Gasteiger partial charge is 0.383 e. The molecule has 0 unspecified atom stereocenters. The Morgan fingerprint density at radius 3 is 2.34 bits per heavy atom. The third-order valence-corrected chi connectivity index (χ3v) is 4.59. The third kappa shape index (κ3) is 4.02. The maximum Gasteiger partial charge on any atom is 0.272 e. The molecule has 4 rings (SSSR count). The Balaban J connectivity index is 1.82. The molecule has 2 aromatic heterocycles. The van der Waals surface area contributed by atoms with Crippen LogP contribution < -0.4 is 5.32 Å². The summed E-state index contributed by atoms with van der Waals surface area (Å²) in [5.74, 6) is -0.250. The van der Waals surface area contributed by atoms with Crippen LogP contribution in [0.4, 0.5) is 0 Å². The summed E-state index contributed by atoms with van der Waals surface area (Å²) in [6, 6.07) is 23.5. The van der Waals surface area contributed by atoms with Gasteiger partial charge in [0.2, 0.25) is 0 Å². The van der Waals surface area contributed by atoms with Gasteiger partial charge in [-0.25, -0.2) is 9.50 Å². The van der Waals surface area contributed by atoms with Crippen molar-refractivity contribution in [3.8, 4) is 22.5 Å². The highest BCUT2D eigenvalue weighted by Gasteiger charge is 2.17. The van der Waals surface area contributed by atoms with E-state index in [0.29, 0.717) is 17.9 Å². The van der Waals surface area contributed by atoms with E-state index < -0.39 is 0 Å². The van der Waals surface area contributed by atoms with Crippen LogP contribution in [0.2, 0.25) is 0 Å². The van der Waals surface area contributed by atoms with Crippen molar-refractivity contribution in [1.29, 1.82) is 0 Å². The number of ether oxygens (including phenoxy) is 1. The molecule has 2 heterocycles. The van der Waals surface area contributed by atoms with E-state index >= 15 is 0 Å². The normalized spacial score (nSPS) is 12.1. The molecule has 6 heteroatoms. The Bertz CT molecular complexity index is 1120. The standard InChI is InChI=1S/C23H22N4O2/c1-16(15-29-2)24-23(28)20-14-22-25-19(17-9-5-3-6-10-17)13-21(27(22)26-20)18-11-7-4-8-12-18/h3-14,16H,15H2,1-2H3,(H,24,28)/t16-/m0/s1. The third-order valence-electron chi connectivity index (χ3n) is 4.59. The molecule has 1 amide bonds. The molecule has 2 aromatic carbocycles. The highest BCUT2D eigenvalue weighted by molar-refractivity contribution is 5.93. The Labute approximate surface area is 169 Å². The highest BCUT2D eigenvalue weighted by atomic mass is 16.5. The summed E-state index contributed by atoms with van der Waals surface area (Å²) in [5.41, 5.74) is 4.65. The van der Waals surface area contributed by atoms with Gasteiger partial charge in [-0.3, -0.25) is 4.79 Å². The quantitative estimate of drug-likeness (QED) is 0.547. The zero-order chi connectivity index (χ0) is 20.2. The molecular formula is C23H22N4O2. The second kappa shape index (κ2) is 8.24. The van der Waals surface area contributed by atoms with Crippen molar-refractivity contribution >= 4 is 11.6 Å². The lowest BCUT2D eigenvalue weighted by Crippen LogP contribution is -2.35. The van der Waals surface area contributed by atoms with Crippen LogP contribution in [0.5, 0.6) is 0 Å². The number of aromatic nitrogens is 3. The Morgan fingerprint density at radius 1 is 1.03 bits per heavy atom. The van der Waals surface area contributed by atoms with Crippen molar-refractivity contribution in [3.05, 3.63) is 78.5 Å². The number of methoxy groups -OCH3 is 1. The zero-order valence-electron chi connectivity index (χ0n) is 16.4. The number of amides is 1. The summed E-state index contributed by atoms with van der Waals surface area (Å²) in [6.07, 6.45) is 0. The van der Waals surface area contributed by atoms with Gasteiger partial charge < -0.3 is 10.1 Å². The lowest BCUT2D eigenvalue weighted by Gasteiger charge is -2.11. The van der Waals surface area contributed by atoms with Crippen LogP contribution in [0, 0.1) is 0 Å². The van der Waals surface area contributed by atoms with Gasteiger partial charge in [0.25, 0.3) is 5.91 Å². The SMILES string of the molecule is COC[C@H](C)NC(=O)c1cc2nc(-c3ccccc3)cc(-c3ccccc3)n2n1. The first-order chi connectivity index (χ1) is 14.2. The molecule has 1 N–H and O–H groups in total. The molecule has 4 aromatic rings. The van der Waals surface area contributed by atoms with Gasteiger partial charge >= 0.3 is 0 Å². The monoisotopic (exact) mass is 386 g/mol. The van der Waals surface area contributed by atoms with Gasteiger partial charge in [0.15, 0.2) is 11.3 Å². The fraction of sp³-hybridized carbons (Fsp3) is 0.174. The summed E-state index contributed by atoms with van der Waals surface area (Å²) < 4.78 is 6.81. The number of hydrogen-bond acceptors (Lipinski definition) is 4.